The van der Waals surface area contributed by atoms with E-state index in [2.05, 4.69) is 26.6 Å². The molecule has 3 atom stereocenters. The molecule has 6 N–H and O–H groups in total. The van der Waals surface area contributed by atoms with Crippen molar-refractivity contribution in [2.75, 3.05) is 27.2 Å². The highest BCUT2D eigenvalue weighted by Gasteiger charge is 2.37. The summed E-state index contributed by atoms with van der Waals surface area (Å²) >= 11 is 0. The van der Waals surface area contributed by atoms with Gasteiger partial charge in [-0.3, -0.25) is 20.2 Å². The van der Waals surface area contributed by atoms with Gasteiger partial charge in [0.2, 0.25) is 5.91 Å². The first-order valence-corrected chi connectivity index (χ1v) is 15.4. The number of carbonyl (C=O) groups is 3. The highest BCUT2D eigenvalue weighted by Crippen LogP contribution is 2.25. The number of urea groups is 1. The second-order valence-corrected chi connectivity index (χ2v) is 13.8. The van der Waals surface area contributed by atoms with Crippen molar-refractivity contribution >= 4 is 17.8 Å². The van der Waals surface area contributed by atoms with Gasteiger partial charge in [-0.05, 0) is 71.0 Å². The van der Waals surface area contributed by atoms with Gasteiger partial charge in [0, 0.05) is 12.1 Å². The Morgan fingerprint density at radius 1 is 0.905 bits per heavy atom. The Bertz CT molecular complexity index is 981. The number of hydrogen-bond acceptors (Lipinski definition) is 6. The molecule has 4 amide bonds. The van der Waals surface area contributed by atoms with Crippen molar-refractivity contribution < 1.29 is 19.5 Å². The average molecular weight is 589 g/mol. The Morgan fingerprint density at radius 3 is 2.02 bits per heavy atom. The SMILES string of the molecule is CNC(NC)C(=O)NC(C(=O)NC(Cc1ccccc1)C(O)CN(CC1CCCCC1)C(=O)NC(C)(C)C)C(C)(C)C. The topological polar surface area (TPSA) is 135 Å². The maximum Gasteiger partial charge on any atom is 0.317 e. The third-order valence-electron chi connectivity index (χ3n) is 7.72. The van der Waals surface area contributed by atoms with Crippen molar-refractivity contribution in [3.63, 3.8) is 0 Å². The van der Waals surface area contributed by atoms with E-state index in [9.17, 15) is 19.5 Å². The fourth-order valence-corrected chi connectivity index (χ4v) is 5.40. The third kappa shape index (κ3) is 11.9. The van der Waals surface area contributed by atoms with Crippen molar-refractivity contribution in [3.8, 4) is 0 Å². The fourth-order valence-electron chi connectivity index (χ4n) is 5.40. The Hall–Kier alpha value is -2.69. The second kappa shape index (κ2) is 16.2. The number of hydrogen-bond donors (Lipinski definition) is 6. The monoisotopic (exact) mass is 588 g/mol. The molecule has 42 heavy (non-hydrogen) atoms. The van der Waals surface area contributed by atoms with Crippen LogP contribution in [0.1, 0.15) is 79.2 Å². The summed E-state index contributed by atoms with van der Waals surface area (Å²) in [5.74, 6) is -0.362. The Balaban J connectivity index is 2.32. The van der Waals surface area contributed by atoms with E-state index < -0.39 is 35.3 Å². The summed E-state index contributed by atoms with van der Waals surface area (Å²) in [5.41, 5.74) is -0.0870. The minimum Gasteiger partial charge on any atom is -0.389 e. The average Bonchev–Trinajstić information content (AvgIpc) is 2.91. The number of rotatable bonds is 13. The Kier molecular flexibility index (Phi) is 13.7. The normalized spacial score (nSPS) is 16.8. The van der Waals surface area contributed by atoms with Gasteiger partial charge in [-0.2, -0.15) is 0 Å². The molecule has 1 aliphatic carbocycles. The zero-order valence-electron chi connectivity index (χ0n) is 27.0. The number of amides is 4. The molecule has 1 saturated carbocycles. The number of nitrogens with zero attached hydrogens (tertiary/aromatic N) is 1. The predicted molar refractivity (Wildman–Crippen MR) is 168 cm³/mol. The largest absolute Gasteiger partial charge is 0.389 e. The van der Waals surface area contributed by atoms with Crippen molar-refractivity contribution in [1.82, 2.24) is 31.5 Å². The molecule has 3 unspecified atom stereocenters. The first kappa shape index (κ1) is 35.5. The van der Waals surface area contributed by atoms with Gasteiger partial charge in [-0.1, -0.05) is 70.4 Å². The van der Waals surface area contributed by atoms with Crippen LogP contribution < -0.4 is 26.6 Å². The van der Waals surface area contributed by atoms with E-state index in [1.54, 1.807) is 19.0 Å². The molecule has 10 nitrogen and oxygen atoms in total. The molecule has 10 heteroatoms. The maximum absolute atomic E-state index is 13.8. The molecule has 2 rings (SSSR count). The standard InChI is InChI=1S/C32H56N6O4/c1-31(2,3)26(36-29(41)27(33-7)34-8)28(40)35-24(19-22-15-11-9-12-16-22)25(39)21-38(30(42)37-32(4,5)6)20-23-17-13-10-14-18-23/h9,11-12,15-16,23-27,33-34,39H,10,13-14,17-21H2,1-8H3,(H,35,40)(H,36,41)(H,37,42). The van der Waals surface area contributed by atoms with Crippen molar-refractivity contribution in [1.29, 1.82) is 0 Å². The molecule has 238 valence electrons. The summed E-state index contributed by atoms with van der Waals surface area (Å²) < 4.78 is 0. The lowest BCUT2D eigenvalue weighted by atomic mass is 9.85. The molecule has 1 aliphatic rings. The van der Waals surface area contributed by atoms with Gasteiger partial charge in [-0.25, -0.2) is 4.79 Å². The van der Waals surface area contributed by atoms with Gasteiger partial charge in [0.05, 0.1) is 18.7 Å². The van der Waals surface area contributed by atoms with Gasteiger partial charge in [0.25, 0.3) is 5.91 Å². The van der Waals surface area contributed by atoms with Gasteiger partial charge in [0.1, 0.15) is 12.2 Å². The van der Waals surface area contributed by atoms with Crippen LogP contribution in [0.25, 0.3) is 0 Å². The van der Waals surface area contributed by atoms with E-state index >= 15 is 0 Å². The molecular weight excluding hydrogens is 532 g/mol. The molecule has 0 aliphatic heterocycles. The van der Waals surface area contributed by atoms with Crippen molar-refractivity contribution in [2.45, 2.75) is 110 Å². The minimum atomic E-state index is -1.04. The predicted octanol–water partition coefficient (Wildman–Crippen LogP) is 2.76. The van der Waals surface area contributed by atoms with Gasteiger partial charge in [-0.15, -0.1) is 0 Å². The smallest absolute Gasteiger partial charge is 0.317 e. The summed E-state index contributed by atoms with van der Waals surface area (Å²) in [6.45, 7) is 12.1. The number of nitrogens with one attached hydrogen (secondary N) is 5. The van der Waals surface area contributed by atoms with Crippen LogP contribution in [0.4, 0.5) is 4.79 Å². The van der Waals surface area contributed by atoms with Crippen molar-refractivity contribution in [3.05, 3.63) is 35.9 Å². The summed E-state index contributed by atoms with van der Waals surface area (Å²) in [6.07, 6.45) is 4.30. The number of aliphatic hydroxyl groups is 1. The molecule has 1 aromatic rings. The van der Waals surface area contributed by atoms with E-state index in [0.29, 0.717) is 18.9 Å². The highest BCUT2D eigenvalue weighted by atomic mass is 16.3. The molecule has 1 fully saturated rings. The van der Waals surface area contributed by atoms with Crippen LogP contribution in [0.2, 0.25) is 0 Å². The van der Waals surface area contributed by atoms with E-state index in [4.69, 9.17) is 0 Å². The third-order valence-corrected chi connectivity index (χ3v) is 7.72. The Labute approximate surface area is 253 Å². The molecule has 0 spiro atoms. The van der Waals surface area contributed by atoms with Gasteiger partial charge < -0.3 is 26.0 Å². The molecule has 0 saturated heterocycles. The van der Waals surface area contributed by atoms with Crippen LogP contribution in [0.15, 0.2) is 30.3 Å². The Morgan fingerprint density at radius 2 is 1.50 bits per heavy atom. The lowest BCUT2D eigenvalue weighted by Gasteiger charge is -2.37. The molecule has 1 aromatic carbocycles. The van der Waals surface area contributed by atoms with Gasteiger partial charge >= 0.3 is 6.03 Å². The molecule has 0 heterocycles. The molecule has 0 aromatic heterocycles. The molecule has 0 bridgehead atoms. The number of likely N-dealkylation sites (N-methyl/N-ethyl adjacent to an activating group) is 2. The zero-order chi connectivity index (χ0) is 31.5. The summed E-state index contributed by atoms with van der Waals surface area (Å²) in [4.78, 5) is 41.8. The summed E-state index contributed by atoms with van der Waals surface area (Å²) in [6, 6.07) is 7.88. The van der Waals surface area contributed by atoms with E-state index in [0.717, 1.165) is 31.2 Å². The van der Waals surface area contributed by atoms with Crippen molar-refractivity contribution in [2.24, 2.45) is 11.3 Å². The minimum absolute atomic E-state index is 0.0737. The van der Waals surface area contributed by atoms with Crippen LogP contribution in [-0.2, 0) is 16.0 Å². The number of carbonyl (C=O) groups excluding carboxylic acids is 3. The fraction of sp³-hybridized carbons (Fsp3) is 0.719. The number of benzene rings is 1. The van der Waals surface area contributed by atoms with Crippen LogP contribution >= 0.6 is 0 Å². The summed E-state index contributed by atoms with van der Waals surface area (Å²) in [7, 11) is 3.32. The quantitative estimate of drug-likeness (QED) is 0.196. The van der Waals surface area contributed by atoms with E-state index in [1.165, 1.54) is 6.42 Å². The van der Waals surface area contributed by atoms with Crippen LogP contribution in [0.5, 0.6) is 0 Å². The lowest BCUT2D eigenvalue weighted by molar-refractivity contribution is -0.133. The van der Waals surface area contributed by atoms with E-state index in [-0.39, 0.29) is 24.4 Å². The first-order valence-electron chi connectivity index (χ1n) is 15.4. The molecular formula is C32H56N6O4. The van der Waals surface area contributed by atoms with Crippen LogP contribution in [-0.4, -0.2) is 84.9 Å². The van der Waals surface area contributed by atoms with Crippen LogP contribution in [0.3, 0.4) is 0 Å². The second-order valence-electron chi connectivity index (χ2n) is 13.8. The number of aliphatic hydroxyl groups excluding tert-OH is 1. The first-order chi connectivity index (χ1) is 19.6. The highest BCUT2D eigenvalue weighted by molar-refractivity contribution is 5.90. The molecule has 0 radical (unpaired) electrons. The van der Waals surface area contributed by atoms with Crippen LogP contribution in [0, 0.1) is 11.3 Å². The van der Waals surface area contributed by atoms with Gasteiger partial charge in [0.15, 0.2) is 0 Å². The zero-order valence-corrected chi connectivity index (χ0v) is 27.0. The summed E-state index contributed by atoms with van der Waals surface area (Å²) in [5, 5.41) is 26.4. The lowest BCUT2D eigenvalue weighted by Crippen LogP contribution is -2.62. The van der Waals surface area contributed by atoms with E-state index in [1.807, 2.05) is 71.9 Å². The maximum atomic E-state index is 13.8.